The van der Waals surface area contributed by atoms with E-state index in [1.54, 1.807) is 7.11 Å². The second kappa shape index (κ2) is 8.67. The highest BCUT2D eigenvalue weighted by molar-refractivity contribution is 5.88. The van der Waals surface area contributed by atoms with Crippen LogP contribution in [-0.4, -0.2) is 13.1 Å². The first-order chi connectivity index (χ1) is 14.7. The van der Waals surface area contributed by atoms with Crippen LogP contribution in [0, 0.1) is 17.2 Å². The number of esters is 1. The van der Waals surface area contributed by atoms with Gasteiger partial charge in [0.25, 0.3) is 0 Å². The van der Waals surface area contributed by atoms with Crippen molar-refractivity contribution < 1.29 is 14.3 Å². The van der Waals surface area contributed by atoms with Gasteiger partial charge in [-0.25, -0.2) is 0 Å². The third kappa shape index (κ3) is 3.70. The van der Waals surface area contributed by atoms with Crippen LogP contribution in [0.3, 0.4) is 0 Å². The molecule has 2 atom stereocenters. The molecule has 0 saturated carbocycles. The molecule has 30 heavy (non-hydrogen) atoms. The Bertz CT molecular complexity index is 1110. The fraction of sp³-hybridized carbons (Fsp3) is 0.154. The Labute approximate surface area is 176 Å². The molecule has 1 aliphatic rings. The number of nitriles is 1. The summed E-state index contributed by atoms with van der Waals surface area (Å²) in [6.45, 7) is 0. The molecule has 0 N–H and O–H groups in total. The maximum absolute atomic E-state index is 13.2. The van der Waals surface area contributed by atoms with Crippen molar-refractivity contribution in [3.63, 3.8) is 0 Å². The summed E-state index contributed by atoms with van der Waals surface area (Å²) in [7, 11) is 1.60. The summed E-state index contributed by atoms with van der Waals surface area (Å²) in [4.78, 5) is 13.2. The van der Waals surface area contributed by atoms with Crippen LogP contribution < -0.4 is 4.74 Å². The summed E-state index contributed by atoms with van der Waals surface area (Å²) in [6, 6.07) is 29.0. The molecule has 0 spiro atoms. The molecule has 0 radical (unpaired) electrons. The van der Waals surface area contributed by atoms with E-state index in [1.165, 1.54) is 0 Å². The largest absolute Gasteiger partial charge is 0.496 e. The van der Waals surface area contributed by atoms with E-state index in [0.29, 0.717) is 29.1 Å². The first kappa shape index (κ1) is 19.5. The van der Waals surface area contributed by atoms with Crippen molar-refractivity contribution in [3.05, 3.63) is 107 Å². The standard InChI is InChI=1S/C26H21NO3/c1-29-23-15-9-8-14-20(23)24-21(16-18-10-4-2-5-11-18)26(28)30-25(22(24)17-27)19-12-6-3-7-13-19/h2-15,21,24H,16H2,1H3/t21-,24+/m0/s1. The van der Waals surface area contributed by atoms with Crippen LogP contribution in [0.15, 0.2) is 90.5 Å². The van der Waals surface area contributed by atoms with Crippen molar-refractivity contribution in [2.24, 2.45) is 5.92 Å². The molecule has 1 heterocycles. The number of ether oxygens (including phenoxy) is 2. The van der Waals surface area contributed by atoms with Gasteiger partial charge in [-0.3, -0.25) is 4.79 Å². The number of rotatable bonds is 5. The van der Waals surface area contributed by atoms with E-state index >= 15 is 0 Å². The second-order valence-corrected chi connectivity index (χ2v) is 7.16. The quantitative estimate of drug-likeness (QED) is 0.562. The first-order valence-electron chi connectivity index (χ1n) is 9.81. The topological polar surface area (TPSA) is 59.3 Å². The molecule has 3 aromatic carbocycles. The van der Waals surface area contributed by atoms with Crippen molar-refractivity contribution in [2.75, 3.05) is 7.11 Å². The molecular weight excluding hydrogens is 374 g/mol. The summed E-state index contributed by atoms with van der Waals surface area (Å²) in [5.41, 5.74) is 2.97. The average molecular weight is 395 g/mol. The highest BCUT2D eigenvalue weighted by Gasteiger charge is 2.42. The predicted molar refractivity (Wildman–Crippen MR) is 114 cm³/mol. The Morgan fingerprint density at radius 3 is 2.23 bits per heavy atom. The molecule has 0 fully saturated rings. The molecular formula is C26H21NO3. The summed E-state index contributed by atoms with van der Waals surface area (Å²) >= 11 is 0. The van der Waals surface area contributed by atoms with Crippen LogP contribution >= 0.6 is 0 Å². The lowest BCUT2D eigenvalue weighted by Crippen LogP contribution is -2.32. The van der Waals surface area contributed by atoms with Crippen molar-refractivity contribution in [1.82, 2.24) is 0 Å². The SMILES string of the molecule is COc1ccccc1[C@H]1C(C#N)=C(c2ccccc2)OC(=O)[C@H]1Cc1ccccc1. The van der Waals surface area contributed by atoms with E-state index in [9.17, 15) is 10.1 Å². The molecule has 0 aliphatic carbocycles. The number of nitrogens with zero attached hydrogens (tertiary/aromatic N) is 1. The molecule has 0 unspecified atom stereocenters. The number of para-hydroxylation sites is 1. The normalized spacial score (nSPS) is 18.5. The number of benzene rings is 3. The minimum absolute atomic E-state index is 0.323. The molecule has 0 saturated heterocycles. The summed E-state index contributed by atoms with van der Waals surface area (Å²) in [5.74, 6) is -0.375. The molecule has 4 rings (SSSR count). The van der Waals surface area contributed by atoms with Crippen LogP contribution in [0.4, 0.5) is 0 Å². The van der Waals surface area contributed by atoms with Gasteiger partial charge in [-0.15, -0.1) is 0 Å². The zero-order valence-electron chi connectivity index (χ0n) is 16.6. The number of carbonyl (C=O) groups excluding carboxylic acids is 1. The smallest absolute Gasteiger partial charge is 0.315 e. The zero-order valence-corrected chi connectivity index (χ0v) is 16.6. The maximum atomic E-state index is 13.2. The van der Waals surface area contributed by atoms with E-state index in [2.05, 4.69) is 6.07 Å². The maximum Gasteiger partial charge on any atom is 0.315 e. The third-order valence-electron chi connectivity index (χ3n) is 5.39. The van der Waals surface area contributed by atoms with Gasteiger partial charge < -0.3 is 9.47 Å². The fourth-order valence-electron chi connectivity index (χ4n) is 4.00. The number of cyclic esters (lactones) is 1. The highest BCUT2D eigenvalue weighted by atomic mass is 16.5. The van der Waals surface area contributed by atoms with Crippen molar-refractivity contribution in [2.45, 2.75) is 12.3 Å². The third-order valence-corrected chi connectivity index (χ3v) is 5.39. The monoisotopic (exact) mass is 395 g/mol. The molecule has 148 valence electrons. The lowest BCUT2D eigenvalue weighted by molar-refractivity contribution is -0.143. The predicted octanol–water partition coefficient (Wildman–Crippen LogP) is 5.13. The Balaban J connectivity index is 1.90. The van der Waals surface area contributed by atoms with Gasteiger partial charge in [-0.2, -0.15) is 5.26 Å². The number of hydrogen-bond acceptors (Lipinski definition) is 4. The van der Waals surface area contributed by atoms with E-state index in [-0.39, 0.29) is 5.97 Å². The van der Waals surface area contributed by atoms with Gasteiger partial charge in [0.15, 0.2) is 5.76 Å². The Morgan fingerprint density at radius 1 is 0.933 bits per heavy atom. The molecule has 1 aliphatic heterocycles. The second-order valence-electron chi connectivity index (χ2n) is 7.16. The number of methoxy groups -OCH3 is 1. The Hall–Kier alpha value is -3.84. The van der Waals surface area contributed by atoms with Crippen molar-refractivity contribution in [1.29, 1.82) is 5.26 Å². The van der Waals surface area contributed by atoms with Crippen molar-refractivity contribution in [3.8, 4) is 11.8 Å². The minimum atomic E-state index is -0.536. The molecule has 4 heteroatoms. The number of allylic oxidation sites excluding steroid dienone is 1. The average Bonchev–Trinajstić information content (AvgIpc) is 2.81. The van der Waals surface area contributed by atoms with E-state index < -0.39 is 11.8 Å². The van der Waals surface area contributed by atoms with E-state index in [1.807, 2.05) is 84.9 Å². The van der Waals surface area contributed by atoms with Gasteiger partial charge in [0.2, 0.25) is 0 Å². The van der Waals surface area contributed by atoms with Crippen LogP contribution in [0.1, 0.15) is 22.6 Å². The van der Waals surface area contributed by atoms with Crippen LogP contribution in [0.25, 0.3) is 5.76 Å². The summed E-state index contributed by atoms with van der Waals surface area (Å²) < 4.78 is 11.3. The van der Waals surface area contributed by atoms with Gasteiger partial charge in [-0.1, -0.05) is 78.9 Å². The van der Waals surface area contributed by atoms with Crippen LogP contribution in [-0.2, 0) is 16.0 Å². The number of hydrogen-bond donors (Lipinski definition) is 0. The molecule has 0 bridgehead atoms. The van der Waals surface area contributed by atoms with Crippen LogP contribution in [0.2, 0.25) is 0 Å². The van der Waals surface area contributed by atoms with Crippen molar-refractivity contribution >= 4 is 11.7 Å². The van der Waals surface area contributed by atoms with Gasteiger partial charge in [0, 0.05) is 17.0 Å². The molecule has 0 aromatic heterocycles. The molecule has 3 aromatic rings. The van der Waals surface area contributed by atoms with E-state index in [4.69, 9.17) is 9.47 Å². The summed E-state index contributed by atoms with van der Waals surface area (Å²) in [6.07, 6.45) is 0.468. The van der Waals surface area contributed by atoms with Gasteiger partial charge in [0.05, 0.1) is 24.7 Å². The minimum Gasteiger partial charge on any atom is -0.496 e. The number of carbonyl (C=O) groups is 1. The van der Waals surface area contributed by atoms with Gasteiger partial charge >= 0.3 is 5.97 Å². The first-order valence-corrected chi connectivity index (χ1v) is 9.81. The fourth-order valence-corrected chi connectivity index (χ4v) is 4.00. The molecule has 0 amide bonds. The van der Waals surface area contributed by atoms with Gasteiger partial charge in [0.1, 0.15) is 5.75 Å². The summed E-state index contributed by atoms with van der Waals surface area (Å²) in [5, 5.41) is 10.1. The highest BCUT2D eigenvalue weighted by Crippen LogP contribution is 2.45. The molecule has 4 nitrogen and oxygen atoms in total. The lowest BCUT2D eigenvalue weighted by Gasteiger charge is -2.32. The lowest BCUT2D eigenvalue weighted by atomic mass is 9.75. The van der Waals surface area contributed by atoms with Gasteiger partial charge in [-0.05, 0) is 18.1 Å². The zero-order chi connectivity index (χ0) is 20.9. The Kier molecular flexibility index (Phi) is 5.63. The Morgan fingerprint density at radius 2 is 1.57 bits per heavy atom. The van der Waals surface area contributed by atoms with Crippen LogP contribution in [0.5, 0.6) is 5.75 Å². The van der Waals surface area contributed by atoms with E-state index in [0.717, 1.165) is 11.1 Å².